The Bertz CT molecular complexity index is 1130. The molecule has 1 N–H and O–H groups in total. The van der Waals surface area contributed by atoms with Crippen LogP contribution in [0.2, 0.25) is 0 Å². The fraction of sp³-hybridized carbons (Fsp3) is 0.100. The minimum atomic E-state index is 0.410. The summed E-state index contributed by atoms with van der Waals surface area (Å²) in [4.78, 5) is 0. The Labute approximate surface area is 161 Å². The van der Waals surface area contributed by atoms with Gasteiger partial charge in [-0.1, -0.05) is 41.5 Å². The number of tetrazole rings is 1. The van der Waals surface area contributed by atoms with Gasteiger partial charge in [-0.3, -0.25) is 0 Å². The minimum absolute atomic E-state index is 0.410. The molecule has 1 aromatic heterocycles. The first-order valence-corrected chi connectivity index (χ1v) is 8.58. The second-order valence-electron chi connectivity index (χ2n) is 5.90. The van der Waals surface area contributed by atoms with Gasteiger partial charge in [0.1, 0.15) is 0 Å². The highest BCUT2D eigenvalue weighted by atomic mass is 16.5. The van der Waals surface area contributed by atoms with E-state index in [0.29, 0.717) is 17.4 Å². The second kappa shape index (κ2) is 7.75. The van der Waals surface area contributed by atoms with Crippen LogP contribution in [0.3, 0.4) is 0 Å². The van der Waals surface area contributed by atoms with Crippen molar-refractivity contribution in [2.45, 2.75) is 0 Å². The largest absolute Gasteiger partial charge is 0.493 e. The molecule has 0 unspecified atom stereocenters. The Balaban J connectivity index is 1.59. The lowest BCUT2D eigenvalue weighted by Crippen LogP contribution is -2.04. The monoisotopic (exact) mass is 374 g/mol. The van der Waals surface area contributed by atoms with E-state index in [1.165, 1.54) is 0 Å². The molecule has 4 rings (SSSR count). The maximum Gasteiger partial charge on any atom is 0.268 e. The summed E-state index contributed by atoms with van der Waals surface area (Å²) < 4.78 is 12.2. The summed E-state index contributed by atoms with van der Waals surface area (Å²) >= 11 is 0. The smallest absolute Gasteiger partial charge is 0.268 e. The van der Waals surface area contributed by atoms with Crippen LogP contribution in [0.1, 0.15) is 5.56 Å². The van der Waals surface area contributed by atoms with E-state index in [2.05, 4.69) is 26.1 Å². The number of benzene rings is 3. The molecule has 1 heterocycles. The van der Waals surface area contributed by atoms with Gasteiger partial charge in [0.15, 0.2) is 11.5 Å². The first kappa shape index (κ1) is 17.5. The van der Waals surface area contributed by atoms with Crippen molar-refractivity contribution in [1.29, 1.82) is 0 Å². The van der Waals surface area contributed by atoms with Crippen LogP contribution in [0.25, 0.3) is 16.5 Å². The number of nitrogens with zero attached hydrogens (tertiary/aromatic N) is 5. The number of aromatic nitrogens is 4. The zero-order valence-corrected chi connectivity index (χ0v) is 15.4. The third-order valence-corrected chi connectivity index (χ3v) is 4.25. The number of hydrogen-bond acceptors (Lipinski definition) is 7. The molecule has 0 aliphatic rings. The maximum atomic E-state index is 5.30. The summed E-state index contributed by atoms with van der Waals surface area (Å²) in [6.45, 7) is 0. The minimum Gasteiger partial charge on any atom is -0.493 e. The predicted octanol–water partition coefficient (Wildman–Crippen LogP) is 3.28. The molecule has 0 radical (unpaired) electrons. The van der Waals surface area contributed by atoms with Gasteiger partial charge in [-0.25, -0.2) is 5.43 Å². The van der Waals surface area contributed by atoms with Gasteiger partial charge < -0.3 is 9.47 Å². The summed E-state index contributed by atoms with van der Waals surface area (Å²) in [6.07, 6.45) is 1.66. The first-order chi connectivity index (χ1) is 13.8. The number of fused-ring (bicyclic) bond motifs is 1. The lowest BCUT2D eigenvalue weighted by Gasteiger charge is -2.08. The summed E-state index contributed by atoms with van der Waals surface area (Å²) in [6, 6.07) is 19.6. The van der Waals surface area contributed by atoms with E-state index in [1.807, 2.05) is 60.7 Å². The molecule has 8 heteroatoms. The van der Waals surface area contributed by atoms with E-state index in [1.54, 1.807) is 25.1 Å². The number of rotatable bonds is 6. The molecule has 0 bridgehead atoms. The molecule has 0 fully saturated rings. The molecular weight excluding hydrogens is 356 g/mol. The molecule has 0 aliphatic heterocycles. The highest BCUT2D eigenvalue weighted by Crippen LogP contribution is 2.27. The molecule has 0 aliphatic carbocycles. The van der Waals surface area contributed by atoms with Crippen molar-refractivity contribution < 1.29 is 9.47 Å². The van der Waals surface area contributed by atoms with Crippen molar-refractivity contribution in [3.63, 3.8) is 0 Å². The molecule has 0 spiro atoms. The van der Waals surface area contributed by atoms with Crippen LogP contribution in [0, 0.1) is 0 Å². The lowest BCUT2D eigenvalue weighted by atomic mass is 10.1. The van der Waals surface area contributed by atoms with Gasteiger partial charge in [0.25, 0.3) is 5.95 Å². The van der Waals surface area contributed by atoms with Gasteiger partial charge in [0.2, 0.25) is 0 Å². The predicted molar refractivity (Wildman–Crippen MR) is 107 cm³/mol. The summed E-state index contributed by atoms with van der Waals surface area (Å²) in [5.74, 6) is 1.70. The third-order valence-electron chi connectivity index (χ3n) is 4.25. The second-order valence-corrected chi connectivity index (χ2v) is 5.90. The number of anilines is 1. The normalized spacial score (nSPS) is 11.1. The van der Waals surface area contributed by atoms with E-state index < -0.39 is 0 Å². The average Bonchev–Trinajstić information content (AvgIpc) is 3.21. The van der Waals surface area contributed by atoms with Crippen molar-refractivity contribution in [2.24, 2.45) is 5.10 Å². The quantitative estimate of drug-likeness (QED) is 0.412. The van der Waals surface area contributed by atoms with Crippen LogP contribution in [0.15, 0.2) is 65.8 Å². The van der Waals surface area contributed by atoms with E-state index in [9.17, 15) is 0 Å². The SMILES string of the molecule is COc1ccc(/C=N\Nc2nnnn2-c2cccc3ccccc23)cc1OC. The van der Waals surface area contributed by atoms with E-state index >= 15 is 0 Å². The number of hydrazone groups is 1. The van der Waals surface area contributed by atoms with Crippen LogP contribution >= 0.6 is 0 Å². The molecule has 4 aromatic rings. The molecule has 140 valence electrons. The highest BCUT2D eigenvalue weighted by molar-refractivity contribution is 5.90. The Kier molecular flexibility index (Phi) is 4.83. The number of hydrogen-bond donors (Lipinski definition) is 1. The molecule has 0 saturated heterocycles. The van der Waals surface area contributed by atoms with Gasteiger partial charge in [0, 0.05) is 5.39 Å². The third kappa shape index (κ3) is 3.35. The van der Waals surface area contributed by atoms with Crippen molar-refractivity contribution in [1.82, 2.24) is 20.2 Å². The zero-order valence-electron chi connectivity index (χ0n) is 15.4. The number of nitrogens with one attached hydrogen (secondary N) is 1. The summed E-state index contributed by atoms with van der Waals surface area (Å²) in [5, 5.41) is 18.3. The van der Waals surface area contributed by atoms with Crippen molar-refractivity contribution >= 4 is 22.9 Å². The van der Waals surface area contributed by atoms with Gasteiger partial charge in [-0.15, -0.1) is 0 Å². The topological polar surface area (TPSA) is 86.5 Å². The van der Waals surface area contributed by atoms with Gasteiger partial charge >= 0.3 is 0 Å². The standard InChI is InChI=1S/C20H18N6O2/c1-27-18-11-10-14(12-19(18)28-2)13-21-22-20-23-24-25-26(20)17-9-5-7-15-6-3-4-8-16(15)17/h3-13H,1-2H3,(H,22,23,25)/b21-13-. The summed E-state index contributed by atoms with van der Waals surface area (Å²) in [7, 11) is 3.19. The van der Waals surface area contributed by atoms with Crippen molar-refractivity contribution in [2.75, 3.05) is 19.6 Å². The Hall–Kier alpha value is -3.94. The Morgan fingerprint density at radius 1 is 0.964 bits per heavy atom. The van der Waals surface area contributed by atoms with Crippen molar-refractivity contribution in [3.05, 3.63) is 66.2 Å². The van der Waals surface area contributed by atoms with Crippen LogP contribution < -0.4 is 14.9 Å². The highest BCUT2D eigenvalue weighted by Gasteiger charge is 2.10. The van der Waals surface area contributed by atoms with Gasteiger partial charge in [-0.2, -0.15) is 9.78 Å². The van der Waals surface area contributed by atoms with Crippen LogP contribution in [-0.4, -0.2) is 40.6 Å². The van der Waals surface area contributed by atoms with Crippen LogP contribution in [-0.2, 0) is 0 Å². The van der Waals surface area contributed by atoms with Crippen LogP contribution in [0.4, 0.5) is 5.95 Å². The summed E-state index contributed by atoms with van der Waals surface area (Å²) in [5.41, 5.74) is 4.60. The zero-order chi connectivity index (χ0) is 19.3. The molecule has 3 aromatic carbocycles. The molecule has 0 saturated carbocycles. The van der Waals surface area contributed by atoms with Gasteiger partial charge in [-0.05, 0) is 45.6 Å². The molecule has 28 heavy (non-hydrogen) atoms. The molecular formula is C20H18N6O2. The van der Waals surface area contributed by atoms with E-state index in [0.717, 1.165) is 22.0 Å². The van der Waals surface area contributed by atoms with E-state index in [4.69, 9.17) is 9.47 Å². The molecule has 0 atom stereocenters. The first-order valence-electron chi connectivity index (χ1n) is 8.58. The molecule has 8 nitrogen and oxygen atoms in total. The van der Waals surface area contributed by atoms with E-state index in [-0.39, 0.29) is 0 Å². The Morgan fingerprint density at radius 2 is 1.79 bits per heavy atom. The Morgan fingerprint density at radius 3 is 2.64 bits per heavy atom. The fourth-order valence-electron chi connectivity index (χ4n) is 2.91. The number of methoxy groups -OCH3 is 2. The number of ether oxygens (including phenoxy) is 2. The average molecular weight is 374 g/mol. The molecule has 0 amide bonds. The maximum absolute atomic E-state index is 5.30. The fourth-order valence-corrected chi connectivity index (χ4v) is 2.91. The van der Waals surface area contributed by atoms with Gasteiger partial charge in [0.05, 0.1) is 26.1 Å². The lowest BCUT2D eigenvalue weighted by molar-refractivity contribution is 0.355. The van der Waals surface area contributed by atoms with Crippen LogP contribution in [0.5, 0.6) is 11.5 Å². The van der Waals surface area contributed by atoms with Crippen molar-refractivity contribution in [3.8, 4) is 17.2 Å².